The van der Waals surface area contributed by atoms with Crippen molar-refractivity contribution in [2.24, 2.45) is 0 Å². The Morgan fingerprint density at radius 3 is 2.47 bits per heavy atom. The molecule has 1 rings (SSSR count). The fourth-order valence-corrected chi connectivity index (χ4v) is 1.80. The number of rotatable bonds is 7. The summed E-state index contributed by atoms with van der Waals surface area (Å²) in [5, 5.41) is 21.7. The Labute approximate surface area is 113 Å². The van der Waals surface area contributed by atoms with Gasteiger partial charge in [-0.05, 0) is 25.8 Å². The first-order chi connectivity index (χ1) is 8.99. The van der Waals surface area contributed by atoms with Crippen LogP contribution < -0.4 is 5.32 Å². The molecule has 0 aliphatic carbocycles. The SMILES string of the molecule is CC(C)=CC(O)CNC(Cc1ccccc1)C(=O)O. The van der Waals surface area contributed by atoms with E-state index in [1.54, 1.807) is 6.08 Å². The number of carboxylic acid groups (broad SMARTS) is 1. The highest BCUT2D eigenvalue weighted by molar-refractivity contribution is 5.73. The van der Waals surface area contributed by atoms with E-state index in [-0.39, 0.29) is 6.54 Å². The molecule has 0 spiro atoms. The summed E-state index contributed by atoms with van der Waals surface area (Å²) in [6.07, 6.45) is 1.44. The third kappa shape index (κ3) is 6.18. The van der Waals surface area contributed by atoms with Crippen molar-refractivity contribution in [3.63, 3.8) is 0 Å². The van der Waals surface area contributed by atoms with Crippen molar-refractivity contribution in [2.75, 3.05) is 6.54 Å². The maximum absolute atomic E-state index is 11.2. The van der Waals surface area contributed by atoms with Crippen LogP contribution >= 0.6 is 0 Å². The van der Waals surface area contributed by atoms with E-state index in [2.05, 4.69) is 5.32 Å². The van der Waals surface area contributed by atoms with Gasteiger partial charge in [-0.2, -0.15) is 0 Å². The summed E-state index contributed by atoms with van der Waals surface area (Å²) in [4.78, 5) is 11.2. The van der Waals surface area contributed by atoms with Crippen molar-refractivity contribution >= 4 is 5.97 Å². The third-order valence-corrected chi connectivity index (χ3v) is 2.68. The van der Waals surface area contributed by atoms with Gasteiger partial charge in [-0.25, -0.2) is 0 Å². The number of allylic oxidation sites excluding steroid dienone is 1. The Balaban J connectivity index is 2.55. The van der Waals surface area contributed by atoms with Gasteiger partial charge < -0.3 is 15.5 Å². The second-order valence-corrected chi connectivity index (χ2v) is 4.80. The number of aliphatic hydroxyl groups excluding tert-OH is 1. The normalized spacial score (nSPS) is 13.6. The average Bonchev–Trinajstić information content (AvgIpc) is 2.34. The molecule has 4 nitrogen and oxygen atoms in total. The Morgan fingerprint density at radius 2 is 1.95 bits per heavy atom. The standard InChI is InChI=1S/C15H21NO3/c1-11(2)8-13(17)10-16-14(15(18)19)9-12-6-4-3-5-7-12/h3-8,13-14,16-17H,9-10H2,1-2H3,(H,18,19). The Morgan fingerprint density at radius 1 is 1.32 bits per heavy atom. The smallest absolute Gasteiger partial charge is 0.321 e. The molecule has 0 aliphatic heterocycles. The number of hydrogen-bond acceptors (Lipinski definition) is 3. The minimum atomic E-state index is -0.909. The molecular formula is C15H21NO3. The van der Waals surface area contributed by atoms with E-state index in [4.69, 9.17) is 5.11 Å². The van der Waals surface area contributed by atoms with Crippen LogP contribution in [-0.4, -0.2) is 34.9 Å². The third-order valence-electron chi connectivity index (χ3n) is 2.68. The van der Waals surface area contributed by atoms with Gasteiger partial charge in [0.05, 0.1) is 6.10 Å². The molecule has 0 aliphatic rings. The Kier molecular flexibility index (Phi) is 6.25. The molecular weight excluding hydrogens is 242 g/mol. The molecule has 0 radical (unpaired) electrons. The lowest BCUT2D eigenvalue weighted by atomic mass is 10.1. The summed E-state index contributed by atoms with van der Waals surface area (Å²) in [6, 6.07) is 8.75. The number of carbonyl (C=O) groups is 1. The van der Waals surface area contributed by atoms with Gasteiger partial charge in [-0.15, -0.1) is 0 Å². The van der Waals surface area contributed by atoms with Crippen LogP contribution in [0.2, 0.25) is 0 Å². The molecule has 0 saturated heterocycles. The van der Waals surface area contributed by atoms with E-state index in [1.165, 1.54) is 0 Å². The van der Waals surface area contributed by atoms with E-state index in [9.17, 15) is 9.90 Å². The van der Waals surface area contributed by atoms with Gasteiger partial charge >= 0.3 is 5.97 Å². The van der Waals surface area contributed by atoms with Crippen LogP contribution in [0, 0.1) is 0 Å². The first kappa shape index (κ1) is 15.4. The van der Waals surface area contributed by atoms with Crippen LogP contribution in [0.25, 0.3) is 0 Å². The molecule has 1 aromatic rings. The van der Waals surface area contributed by atoms with E-state index in [1.807, 2.05) is 44.2 Å². The molecule has 2 unspecified atom stereocenters. The van der Waals surface area contributed by atoms with Crippen molar-refractivity contribution in [1.82, 2.24) is 5.32 Å². The largest absolute Gasteiger partial charge is 0.480 e. The summed E-state index contributed by atoms with van der Waals surface area (Å²) < 4.78 is 0. The van der Waals surface area contributed by atoms with E-state index in [0.29, 0.717) is 6.42 Å². The van der Waals surface area contributed by atoms with Gasteiger partial charge in [-0.1, -0.05) is 42.0 Å². The quantitative estimate of drug-likeness (QED) is 0.654. The highest BCUT2D eigenvalue weighted by Gasteiger charge is 2.18. The van der Waals surface area contributed by atoms with E-state index < -0.39 is 18.1 Å². The van der Waals surface area contributed by atoms with E-state index in [0.717, 1.165) is 11.1 Å². The zero-order valence-corrected chi connectivity index (χ0v) is 11.3. The van der Waals surface area contributed by atoms with Crippen LogP contribution in [0.5, 0.6) is 0 Å². The summed E-state index contributed by atoms with van der Waals surface area (Å²) in [6.45, 7) is 4.01. The zero-order valence-electron chi connectivity index (χ0n) is 11.3. The molecule has 0 saturated carbocycles. The second-order valence-electron chi connectivity index (χ2n) is 4.80. The van der Waals surface area contributed by atoms with E-state index >= 15 is 0 Å². The molecule has 0 heterocycles. The van der Waals surface area contributed by atoms with Gasteiger partial charge in [0.15, 0.2) is 0 Å². The number of aliphatic hydroxyl groups is 1. The number of aliphatic carboxylic acids is 1. The summed E-state index contributed by atoms with van der Waals surface area (Å²) in [5.41, 5.74) is 1.96. The first-order valence-corrected chi connectivity index (χ1v) is 6.32. The van der Waals surface area contributed by atoms with Gasteiger partial charge in [0.2, 0.25) is 0 Å². The van der Waals surface area contributed by atoms with Crippen LogP contribution in [-0.2, 0) is 11.2 Å². The highest BCUT2D eigenvalue weighted by Crippen LogP contribution is 2.04. The monoisotopic (exact) mass is 263 g/mol. The minimum Gasteiger partial charge on any atom is -0.480 e. The highest BCUT2D eigenvalue weighted by atomic mass is 16.4. The van der Waals surface area contributed by atoms with Crippen LogP contribution in [0.1, 0.15) is 19.4 Å². The molecule has 104 valence electrons. The molecule has 0 fully saturated rings. The number of carboxylic acids is 1. The van der Waals surface area contributed by atoms with Gasteiger partial charge in [0.1, 0.15) is 6.04 Å². The molecule has 4 heteroatoms. The number of benzene rings is 1. The lowest BCUT2D eigenvalue weighted by molar-refractivity contribution is -0.139. The Bertz CT molecular complexity index is 424. The molecule has 19 heavy (non-hydrogen) atoms. The number of nitrogens with one attached hydrogen (secondary N) is 1. The summed E-state index contributed by atoms with van der Waals surface area (Å²) >= 11 is 0. The fraction of sp³-hybridized carbons (Fsp3) is 0.400. The van der Waals surface area contributed by atoms with Crippen LogP contribution in [0.4, 0.5) is 0 Å². The maximum atomic E-state index is 11.2. The molecule has 3 N–H and O–H groups in total. The molecule has 1 aromatic carbocycles. The lowest BCUT2D eigenvalue weighted by Crippen LogP contribution is -2.42. The fourth-order valence-electron chi connectivity index (χ4n) is 1.80. The van der Waals surface area contributed by atoms with Gasteiger partial charge in [-0.3, -0.25) is 4.79 Å². The second kappa shape index (κ2) is 7.71. The van der Waals surface area contributed by atoms with Crippen molar-refractivity contribution in [2.45, 2.75) is 32.4 Å². The summed E-state index contributed by atoms with van der Waals surface area (Å²) in [7, 11) is 0. The molecule has 0 bridgehead atoms. The average molecular weight is 263 g/mol. The maximum Gasteiger partial charge on any atom is 0.321 e. The van der Waals surface area contributed by atoms with Crippen LogP contribution in [0.3, 0.4) is 0 Å². The molecule has 0 aromatic heterocycles. The number of hydrogen-bond donors (Lipinski definition) is 3. The van der Waals surface area contributed by atoms with Crippen molar-refractivity contribution in [1.29, 1.82) is 0 Å². The minimum absolute atomic E-state index is 0.231. The zero-order chi connectivity index (χ0) is 14.3. The Hall–Kier alpha value is -1.65. The van der Waals surface area contributed by atoms with Crippen molar-refractivity contribution in [3.05, 3.63) is 47.5 Å². The lowest BCUT2D eigenvalue weighted by Gasteiger charge is -2.16. The predicted octanol–water partition coefficient (Wildman–Crippen LogP) is 1.60. The molecule has 0 amide bonds. The predicted molar refractivity (Wildman–Crippen MR) is 75.0 cm³/mol. The van der Waals surface area contributed by atoms with Crippen LogP contribution in [0.15, 0.2) is 42.0 Å². The van der Waals surface area contributed by atoms with Gasteiger partial charge in [0.25, 0.3) is 0 Å². The van der Waals surface area contributed by atoms with Gasteiger partial charge in [0, 0.05) is 6.54 Å². The summed E-state index contributed by atoms with van der Waals surface area (Å²) in [5.74, 6) is -0.909. The van der Waals surface area contributed by atoms with Crippen molar-refractivity contribution < 1.29 is 15.0 Å². The molecule has 2 atom stereocenters. The topological polar surface area (TPSA) is 69.6 Å². The van der Waals surface area contributed by atoms with Crippen molar-refractivity contribution in [3.8, 4) is 0 Å². The first-order valence-electron chi connectivity index (χ1n) is 6.32.